The topological polar surface area (TPSA) is 101 Å². The molecule has 178 valence electrons. The number of hydrogen-bond acceptors (Lipinski definition) is 6. The normalized spacial score (nSPS) is 18.3. The first-order chi connectivity index (χ1) is 15.9. The highest BCUT2D eigenvalue weighted by Crippen LogP contribution is 2.27. The molecule has 2 heterocycles. The second kappa shape index (κ2) is 10.6. The summed E-state index contributed by atoms with van der Waals surface area (Å²) in [5.74, 6) is -0.0241. The summed E-state index contributed by atoms with van der Waals surface area (Å²) < 4.78 is 34.0. The maximum absolute atomic E-state index is 13.0. The Balaban J connectivity index is 1.38. The predicted molar refractivity (Wildman–Crippen MR) is 126 cm³/mol. The number of likely N-dealkylation sites (tertiary alicyclic amines) is 1. The number of nitrogens with zero attached hydrogens (tertiary/aromatic N) is 2. The first-order valence-corrected chi connectivity index (χ1v) is 13.1. The van der Waals surface area contributed by atoms with E-state index < -0.39 is 10.0 Å². The maximum atomic E-state index is 13.0. The summed E-state index contributed by atoms with van der Waals surface area (Å²) in [5.41, 5.74) is 1.55. The average Bonchev–Trinajstić information content (AvgIpc) is 3.33. The molecule has 2 aliphatic rings. The van der Waals surface area contributed by atoms with E-state index in [2.05, 4.69) is 19.9 Å². The van der Waals surface area contributed by atoms with Gasteiger partial charge in [0, 0.05) is 49.7 Å². The number of amides is 1. The van der Waals surface area contributed by atoms with Crippen LogP contribution in [-0.2, 0) is 16.6 Å². The zero-order valence-corrected chi connectivity index (χ0v) is 19.8. The molecule has 0 radical (unpaired) electrons. The van der Waals surface area contributed by atoms with Crippen molar-refractivity contribution in [2.45, 2.75) is 62.0 Å². The van der Waals surface area contributed by atoms with E-state index in [4.69, 9.17) is 4.74 Å². The fourth-order valence-electron chi connectivity index (χ4n) is 4.61. The molecule has 2 fully saturated rings. The highest BCUT2D eigenvalue weighted by Gasteiger charge is 2.27. The van der Waals surface area contributed by atoms with Gasteiger partial charge in [0.05, 0.1) is 7.11 Å². The molecule has 9 heteroatoms. The third-order valence-corrected chi connectivity index (χ3v) is 8.01. The van der Waals surface area contributed by atoms with Crippen molar-refractivity contribution in [1.82, 2.24) is 19.9 Å². The number of methoxy groups -OCH3 is 1. The van der Waals surface area contributed by atoms with Crippen LogP contribution >= 0.6 is 0 Å². The summed E-state index contributed by atoms with van der Waals surface area (Å²) in [6, 6.07) is 8.62. The number of benzene rings is 1. The minimum Gasteiger partial charge on any atom is -0.495 e. The highest BCUT2D eigenvalue weighted by molar-refractivity contribution is 7.89. The molecule has 8 nitrogen and oxygen atoms in total. The van der Waals surface area contributed by atoms with E-state index in [1.54, 1.807) is 24.5 Å². The van der Waals surface area contributed by atoms with Gasteiger partial charge in [0.2, 0.25) is 10.0 Å². The number of ether oxygens (including phenoxy) is 1. The summed E-state index contributed by atoms with van der Waals surface area (Å²) in [6.07, 6.45) is 9.01. The summed E-state index contributed by atoms with van der Waals surface area (Å²) >= 11 is 0. The highest BCUT2D eigenvalue weighted by atomic mass is 32.2. The molecule has 1 aliphatic carbocycles. The second-order valence-corrected chi connectivity index (χ2v) is 10.5. The van der Waals surface area contributed by atoms with Gasteiger partial charge >= 0.3 is 0 Å². The van der Waals surface area contributed by atoms with Crippen LogP contribution in [0.4, 0.5) is 0 Å². The van der Waals surface area contributed by atoms with Gasteiger partial charge in [-0.15, -0.1) is 0 Å². The number of nitrogens with one attached hydrogen (secondary N) is 2. The molecule has 1 saturated carbocycles. The van der Waals surface area contributed by atoms with Crippen molar-refractivity contribution in [3.63, 3.8) is 0 Å². The van der Waals surface area contributed by atoms with Crippen molar-refractivity contribution in [3.05, 3.63) is 53.9 Å². The van der Waals surface area contributed by atoms with Gasteiger partial charge < -0.3 is 10.1 Å². The molecule has 0 bridgehead atoms. The smallest absolute Gasteiger partial charge is 0.251 e. The summed E-state index contributed by atoms with van der Waals surface area (Å²) in [5, 5.41) is 3.08. The van der Waals surface area contributed by atoms with Crippen LogP contribution in [0, 0.1) is 0 Å². The molecule has 0 unspecified atom stereocenters. The number of hydrogen-bond donors (Lipinski definition) is 2. The fourth-order valence-corrected chi connectivity index (χ4v) is 6.10. The molecule has 1 saturated heterocycles. The van der Waals surface area contributed by atoms with Gasteiger partial charge in [0.15, 0.2) is 0 Å². The van der Waals surface area contributed by atoms with Gasteiger partial charge in [0.25, 0.3) is 5.91 Å². The largest absolute Gasteiger partial charge is 0.495 e. The van der Waals surface area contributed by atoms with Gasteiger partial charge in [0.1, 0.15) is 10.6 Å². The minimum atomic E-state index is -3.78. The monoisotopic (exact) mass is 472 g/mol. The molecule has 2 aromatic rings. The van der Waals surface area contributed by atoms with E-state index in [0.717, 1.165) is 58.2 Å². The molecule has 1 aromatic carbocycles. The van der Waals surface area contributed by atoms with Crippen LogP contribution in [-0.4, -0.2) is 56.5 Å². The van der Waals surface area contributed by atoms with E-state index in [0.29, 0.717) is 5.56 Å². The van der Waals surface area contributed by atoms with Gasteiger partial charge in [-0.2, -0.15) is 0 Å². The Labute approximate surface area is 195 Å². The molecule has 4 rings (SSSR count). The third kappa shape index (κ3) is 6.10. The Hall–Kier alpha value is -2.49. The van der Waals surface area contributed by atoms with Crippen molar-refractivity contribution < 1.29 is 17.9 Å². The lowest BCUT2D eigenvalue weighted by Gasteiger charge is -2.32. The van der Waals surface area contributed by atoms with Gasteiger partial charge in [-0.25, -0.2) is 13.1 Å². The van der Waals surface area contributed by atoms with E-state index in [1.807, 2.05) is 12.1 Å². The van der Waals surface area contributed by atoms with Crippen LogP contribution in [0.5, 0.6) is 5.75 Å². The number of pyridine rings is 1. The van der Waals surface area contributed by atoms with Crippen molar-refractivity contribution >= 4 is 15.9 Å². The lowest BCUT2D eigenvalue weighted by molar-refractivity contribution is 0.0908. The Morgan fingerprint density at radius 1 is 1.06 bits per heavy atom. The molecular formula is C24H32N4O4S. The molecule has 0 atom stereocenters. The standard InChI is InChI=1S/C24H32N4O4S/c1-32-22-7-6-19(16-23(22)33(30,31)27-21-4-2-3-5-21)24(29)26-20-10-14-28(15-11-20)17-18-8-12-25-13-9-18/h6-9,12-13,16,20-21,27H,2-5,10-11,14-15,17H2,1H3,(H,26,29). The second-order valence-electron chi connectivity index (χ2n) is 8.85. The first-order valence-electron chi connectivity index (χ1n) is 11.6. The fraction of sp³-hybridized carbons (Fsp3) is 0.500. The quantitative estimate of drug-likeness (QED) is 0.613. The number of carbonyl (C=O) groups excluding carboxylic acids is 1. The van der Waals surface area contributed by atoms with Gasteiger partial charge in [-0.3, -0.25) is 14.7 Å². The Morgan fingerprint density at radius 3 is 2.42 bits per heavy atom. The summed E-state index contributed by atoms with van der Waals surface area (Å²) in [4.78, 5) is 19.4. The predicted octanol–water partition coefficient (Wildman–Crippen LogP) is 2.71. The van der Waals surface area contributed by atoms with E-state index >= 15 is 0 Å². The van der Waals surface area contributed by atoms with Crippen molar-refractivity contribution in [2.75, 3.05) is 20.2 Å². The first kappa shape index (κ1) is 23.7. The Morgan fingerprint density at radius 2 is 1.76 bits per heavy atom. The van der Waals surface area contributed by atoms with Crippen LogP contribution in [0.1, 0.15) is 54.4 Å². The third-order valence-electron chi connectivity index (χ3n) is 6.47. The minimum absolute atomic E-state index is 0.0109. The molecule has 1 aromatic heterocycles. The van der Waals surface area contributed by atoms with Crippen LogP contribution < -0.4 is 14.8 Å². The molecule has 1 amide bonds. The Bertz CT molecular complexity index is 1050. The van der Waals surface area contributed by atoms with Crippen molar-refractivity contribution in [2.24, 2.45) is 0 Å². The van der Waals surface area contributed by atoms with E-state index in [9.17, 15) is 13.2 Å². The number of rotatable bonds is 8. The van der Waals surface area contributed by atoms with Gasteiger partial charge in [-0.1, -0.05) is 12.8 Å². The Kier molecular flexibility index (Phi) is 7.62. The van der Waals surface area contributed by atoms with E-state index in [1.165, 1.54) is 18.7 Å². The van der Waals surface area contributed by atoms with Gasteiger partial charge in [-0.05, 0) is 61.6 Å². The van der Waals surface area contributed by atoms with Crippen LogP contribution in [0.25, 0.3) is 0 Å². The van der Waals surface area contributed by atoms with Crippen molar-refractivity contribution in [3.8, 4) is 5.75 Å². The van der Waals surface area contributed by atoms with Crippen LogP contribution in [0.15, 0.2) is 47.6 Å². The zero-order chi connectivity index (χ0) is 23.3. The molecule has 2 N–H and O–H groups in total. The summed E-state index contributed by atoms with van der Waals surface area (Å²) in [6.45, 7) is 2.65. The van der Waals surface area contributed by atoms with Crippen molar-refractivity contribution in [1.29, 1.82) is 0 Å². The number of carbonyl (C=O) groups is 1. The average molecular weight is 473 g/mol. The number of sulfonamides is 1. The van der Waals surface area contributed by atoms with Crippen LogP contribution in [0.2, 0.25) is 0 Å². The van der Waals surface area contributed by atoms with E-state index in [-0.39, 0.29) is 28.6 Å². The zero-order valence-electron chi connectivity index (χ0n) is 19.0. The maximum Gasteiger partial charge on any atom is 0.251 e. The lowest BCUT2D eigenvalue weighted by atomic mass is 10.0. The SMILES string of the molecule is COc1ccc(C(=O)NC2CCN(Cc3ccncc3)CC2)cc1S(=O)(=O)NC1CCCC1. The molecule has 33 heavy (non-hydrogen) atoms. The van der Waals surface area contributed by atoms with Crippen LogP contribution in [0.3, 0.4) is 0 Å². The molecule has 0 spiro atoms. The number of aromatic nitrogens is 1. The summed E-state index contributed by atoms with van der Waals surface area (Å²) in [7, 11) is -2.34. The molecular weight excluding hydrogens is 440 g/mol. The number of piperidine rings is 1. The lowest BCUT2D eigenvalue weighted by Crippen LogP contribution is -2.44. The molecule has 1 aliphatic heterocycles.